The minimum absolute atomic E-state index is 0.164. The van der Waals surface area contributed by atoms with Gasteiger partial charge >= 0.3 is 0 Å². The van der Waals surface area contributed by atoms with Crippen LogP contribution in [-0.4, -0.2) is 41.4 Å². The van der Waals surface area contributed by atoms with Gasteiger partial charge in [0.1, 0.15) is 12.4 Å². The molecule has 1 atom stereocenters. The number of benzene rings is 2. The van der Waals surface area contributed by atoms with Crippen LogP contribution >= 0.6 is 0 Å². The third-order valence-corrected chi connectivity index (χ3v) is 5.68. The van der Waals surface area contributed by atoms with Gasteiger partial charge in [-0.1, -0.05) is 18.2 Å². The predicted molar refractivity (Wildman–Crippen MR) is 128 cm³/mol. The molecule has 0 spiro atoms. The SMILES string of the molecule is COc1cc(CNc2nc(-c3ccncc3)nc3ccccc23)ccc1OCC1CCCO1. The number of nitrogens with zero attached hydrogens (tertiary/aromatic N) is 3. The molecular formula is C26H26N4O3. The van der Waals surface area contributed by atoms with Crippen molar-refractivity contribution in [2.75, 3.05) is 25.6 Å². The molecule has 0 aliphatic carbocycles. The lowest BCUT2D eigenvalue weighted by molar-refractivity contribution is 0.0669. The Morgan fingerprint density at radius 3 is 2.73 bits per heavy atom. The van der Waals surface area contributed by atoms with E-state index in [1.54, 1.807) is 19.5 Å². The zero-order valence-electron chi connectivity index (χ0n) is 18.5. The summed E-state index contributed by atoms with van der Waals surface area (Å²) >= 11 is 0. The fraction of sp³-hybridized carbons (Fsp3) is 0.269. The van der Waals surface area contributed by atoms with Crippen LogP contribution in [0, 0.1) is 0 Å². The second-order valence-corrected chi connectivity index (χ2v) is 7.93. The number of methoxy groups -OCH3 is 1. The van der Waals surface area contributed by atoms with Crippen molar-refractivity contribution < 1.29 is 14.2 Å². The molecule has 33 heavy (non-hydrogen) atoms. The smallest absolute Gasteiger partial charge is 0.162 e. The number of aromatic nitrogens is 3. The Morgan fingerprint density at radius 1 is 1.03 bits per heavy atom. The highest BCUT2D eigenvalue weighted by Crippen LogP contribution is 2.30. The minimum Gasteiger partial charge on any atom is -0.493 e. The maximum Gasteiger partial charge on any atom is 0.162 e. The first kappa shape index (κ1) is 21.2. The third-order valence-electron chi connectivity index (χ3n) is 5.68. The van der Waals surface area contributed by atoms with E-state index in [2.05, 4.69) is 10.3 Å². The number of hydrogen-bond donors (Lipinski definition) is 1. The number of pyridine rings is 1. The number of rotatable bonds is 8. The Hall–Kier alpha value is -3.71. The lowest BCUT2D eigenvalue weighted by atomic mass is 10.1. The van der Waals surface area contributed by atoms with E-state index in [1.807, 2.05) is 54.6 Å². The zero-order chi connectivity index (χ0) is 22.5. The predicted octanol–water partition coefficient (Wildman–Crippen LogP) is 4.87. The van der Waals surface area contributed by atoms with E-state index in [4.69, 9.17) is 24.2 Å². The highest BCUT2D eigenvalue weighted by molar-refractivity contribution is 5.90. The molecule has 168 valence electrons. The van der Waals surface area contributed by atoms with Crippen molar-refractivity contribution in [3.63, 3.8) is 0 Å². The van der Waals surface area contributed by atoms with Gasteiger partial charge < -0.3 is 19.5 Å². The number of ether oxygens (including phenoxy) is 3. The second kappa shape index (κ2) is 9.83. The Labute approximate surface area is 192 Å². The molecule has 1 saturated heterocycles. The van der Waals surface area contributed by atoms with Crippen molar-refractivity contribution in [1.29, 1.82) is 0 Å². The van der Waals surface area contributed by atoms with Gasteiger partial charge in [-0.25, -0.2) is 9.97 Å². The third kappa shape index (κ3) is 4.88. The molecule has 7 nitrogen and oxygen atoms in total. The van der Waals surface area contributed by atoms with Gasteiger partial charge in [0, 0.05) is 36.5 Å². The van der Waals surface area contributed by atoms with E-state index in [0.29, 0.717) is 24.7 Å². The molecule has 3 heterocycles. The summed E-state index contributed by atoms with van der Waals surface area (Å²) in [7, 11) is 1.66. The summed E-state index contributed by atoms with van der Waals surface area (Å²) in [6.45, 7) is 1.94. The summed E-state index contributed by atoms with van der Waals surface area (Å²) in [4.78, 5) is 13.6. The number of hydrogen-bond acceptors (Lipinski definition) is 7. The van der Waals surface area contributed by atoms with Gasteiger partial charge in [-0.2, -0.15) is 0 Å². The molecule has 0 radical (unpaired) electrons. The minimum atomic E-state index is 0.164. The summed E-state index contributed by atoms with van der Waals surface area (Å²) in [5, 5.41) is 4.45. The lowest BCUT2D eigenvalue weighted by Gasteiger charge is -2.15. The van der Waals surface area contributed by atoms with Crippen LogP contribution in [0.15, 0.2) is 67.0 Å². The van der Waals surface area contributed by atoms with Gasteiger partial charge in [0.2, 0.25) is 0 Å². The number of para-hydroxylation sites is 1. The zero-order valence-corrected chi connectivity index (χ0v) is 18.5. The van der Waals surface area contributed by atoms with Crippen LogP contribution in [0.4, 0.5) is 5.82 Å². The van der Waals surface area contributed by atoms with E-state index in [9.17, 15) is 0 Å². The number of anilines is 1. The van der Waals surface area contributed by atoms with Crippen LogP contribution in [0.5, 0.6) is 11.5 Å². The number of nitrogens with one attached hydrogen (secondary N) is 1. The molecular weight excluding hydrogens is 416 g/mol. The second-order valence-electron chi connectivity index (χ2n) is 7.93. The van der Waals surface area contributed by atoms with Crippen molar-refractivity contribution in [2.24, 2.45) is 0 Å². The standard InChI is InChI=1S/C26H26N4O3/c1-31-24-15-18(8-9-23(24)33-17-20-5-4-14-32-20)16-28-26-21-6-2-3-7-22(21)29-25(30-26)19-10-12-27-13-11-19/h2-3,6-13,15,20H,4-5,14,16-17H2,1H3,(H,28,29,30). The molecule has 0 saturated carbocycles. The molecule has 0 bridgehead atoms. The molecule has 7 heteroatoms. The van der Waals surface area contributed by atoms with E-state index >= 15 is 0 Å². The molecule has 5 rings (SSSR count). The highest BCUT2D eigenvalue weighted by atomic mass is 16.5. The molecule has 1 unspecified atom stereocenters. The van der Waals surface area contributed by atoms with E-state index in [0.717, 1.165) is 53.0 Å². The molecule has 4 aromatic rings. The van der Waals surface area contributed by atoms with Gasteiger partial charge in [0.05, 0.1) is 18.7 Å². The quantitative estimate of drug-likeness (QED) is 0.417. The Bertz CT molecular complexity index is 1230. The molecule has 1 fully saturated rings. The fourth-order valence-electron chi connectivity index (χ4n) is 3.93. The normalized spacial score (nSPS) is 15.5. The van der Waals surface area contributed by atoms with Gasteiger partial charge in [-0.15, -0.1) is 0 Å². The van der Waals surface area contributed by atoms with Crippen LogP contribution in [0.25, 0.3) is 22.3 Å². The van der Waals surface area contributed by atoms with Crippen LogP contribution in [0.1, 0.15) is 18.4 Å². The van der Waals surface area contributed by atoms with Crippen molar-refractivity contribution in [1.82, 2.24) is 15.0 Å². The van der Waals surface area contributed by atoms with Crippen molar-refractivity contribution in [3.05, 3.63) is 72.6 Å². The summed E-state index contributed by atoms with van der Waals surface area (Å²) in [5.74, 6) is 2.88. The van der Waals surface area contributed by atoms with Crippen molar-refractivity contribution >= 4 is 16.7 Å². The fourth-order valence-corrected chi connectivity index (χ4v) is 3.93. The van der Waals surface area contributed by atoms with E-state index < -0.39 is 0 Å². The van der Waals surface area contributed by atoms with Crippen LogP contribution in [0.3, 0.4) is 0 Å². The topological polar surface area (TPSA) is 78.4 Å². The first-order valence-electron chi connectivity index (χ1n) is 11.1. The average Bonchev–Trinajstić information content (AvgIpc) is 3.40. The molecule has 2 aromatic heterocycles. The van der Waals surface area contributed by atoms with Crippen molar-refractivity contribution in [2.45, 2.75) is 25.5 Å². The van der Waals surface area contributed by atoms with Gasteiger partial charge in [-0.3, -0.25) is 4.98 Å². The average molecular weight is 443 g/mol. The number of fused-ring (bicyclic) bond motifs is 1. The maximum atomic E-state index is 5.96. The van der Waals surface area contributed by atoms with Gasteiger partial charge in [0.15, 0.2) is 17.3 Å². The highest BCUT2D eigenvalue weighted by Gasteiger charge is 2.17. The Balaban J connectivity index is 1.35. The van der Waals surface area contributed by atoms with E-state index in [-0.39, 0.29) is 6.10 Å². The maximum absolute atomic E-state index is 5.96. The van der Waals surface area contributed by atoms with Crippen LogP contribution in [0.2, 0.25) is 0 Å². The van der Waals surface area contributed by atoms with Crippen molar-refractivity contribution in [3.8, 4) is 22.9 Å². The first-order chi connectivity index (χ1) is 16.3. The molecule has 2 aromatic carbocycles. The van der Waals surface area contributed by atoms with Gasteiger partial charge in [-0.05, 0) is 54.8 Å². The first-order valence-corrected chi connectivity index (χ1v) is 11.1. The monoisotopic (exact) mass is 442 g/mol. The van der Waals surface area contributed by atoms with Crippen LogP contribution in [-0.2, 0) is 11.3 Å². The molecule has 1 N–H and O–H groups in total. The van der Waals surface area contributed by atoms with Gasteiger partial charge in [0.25, 0.3) is 0 Å². The summed E-state index contributed by atoms with van der Waals surface area (Å²) in [6.07, 6.45) is 5.79. The largest absolute Gasteiger partial charge is 0.493 e. The molecule has 1 aliphatic heterocycles. The molecule has 1 aliphatic rings. The Kier molecular flexibility index (Phi) is 6.30. The van der Waals surface area contributed by atoms with Crippen LogP contribution < -0.4 is 14.8 Å². The molecule has 0 amide bonds. The lowest BCUT2D eigenvalue weighted by Crippen LogP contribution is -2.16. The summed E-state index contributed by atoms with van der Waals surface area (Å²) in [6, 6.07) is 17.8. The summed E-state index contributed by atoms with van der Waals surface area (Å²) < 4.78 is 17.2. The van der Waals surface area contributed by atoms with E-state index in [1.165, 1.54) is 0 Å². The Morgan fingerprint density at radius 2 is 1.91 bits per heavy atom. The summed E-state index contributed by atoms with van der Waals surface area (Å²) in [5.41, 5.74) is 2.87.